The molecule has 3 aromatic heterocycles. The normalized spacial score (nSPS) is 10.9. The molecule has 0 radical (unpaired) electrons. The Kier molecular flexibility index (Phi) is 3.93. The fourth-order valence-corrected chi connectivity index (χ4v) is 2.54. The minimum Gasteiger partial charge on any atom is -0.361 e. The van der Waals surface area contributed by atoms with E-state index in [2.05, 4.69) is 26.3 Å². The molecule has 0 aliphatic rings. The second-order valence-corrected chi connectivity index (χ2v) is 5.37. The predicted octanol–water partition coefficient (Wildman–Crippen LogP) is 1.98. The van der Waals surface area contributed by atoms with Crippen molar-refractivity contribution in [1.82, 2.24) is 24.9 Å². The predicted molar refractivity (Wildman–Crippen MR) is 83.6 cm³/mol. The lowest BCUT2D eigenvalue weighted by Gasteiger charge is -2.18. The zero-order valence-electron chi connectivity index (χ0n) is 13.3. The molecule has 3 rings (SSSR count). The van der Waals surface area contributed by atoms with Gasteiger partial charge in [0.25, 0.3) is 0 Å². The van der Waals surface area contributed by atoms with Gasteiger partial charge in [-0.3, -0.25) is 0 Å². The van der Waals surface area contributed by atoms with Crippen molar-refractivity contribution in [3.8, 4) is 6.07 Å². The van der Waals surface area contributed by atoms with Crippen molar-refractivity contribution >= 4 is 16.9 Å². The summed E-state index contributed by atoms with van der Waals surface area (Å²) in [6.07, 6.45) is 3.66. The van der Waals surface area contributed by atoms with E-state index in [9.17, 15) is 0 Å². The van der Waals surface area contributed by atoms with E-state index in [1.165, 1.54) is 6.33 Å². The molecule has 0 bridgehead atoms. The number of hydrogen-bond acceptors (Lipinski definition) is 7. The highest BCUT2D eigenvalue weighted by Gasteiger charge is 2.16. The zero-order valence-corrected chi connectivity index (χ0v) is 13.3. The van der Waals surface area contributed by atoms with E-state index in [0.29, 0.717) is 19.5 Å². The molecule has 0 saturated heterocycles. The van der Waals surface area contributed by atoms with Gasteiger partial charge in [0.15, 0.2) is 5.65 Å². The van der Waals surface area contributed by atoms with Crippen LogP contribution in [-0.4, -0.2) is 32.0 Å². The van der Waals surface area contributed by atoms with Crippen molar-refractivity contribution < 1.29 is 4.52 Å². The molecule has 0 aliphatic heterocycles. The molecular formula is C15H17N7O. The summed E-state index contributed by atoms with van der Waals surface area (Å²) >= 11 is 0. The summed E-state index contributed by atoms with van der Waals surface area (Å²) in [5.74, 6) is 1.60. The number of rotatable bonds is 5. The van der Waals surface area contributed by atoms with Gasteiger partial charge in [-0.2, -0.15) is 10.4 Å². The van der Waals surface area contributed by atoms with Crippen LogP contribution in [0.4, 0.5) is 5.82 Å². The zero-order chi connectivity index (χ0) is 16.4. The van der Waals surface area contributed by atoms with Gasteiger partial charge in [-0.1, -0.05) is 5.16 Å². The van der Waals surface area contributed by atoms with E-state index in [0.717, 1.165) is 33.9 Å². The minimum atomic E-state index is 0.394. The van der Waals surface area contributed by atoms with E-state index in [-0.39, 0.29) is 0 Å². The van der Waals surface area contributed by atoms with Crippen molar-refractivity contribution in [1.29, 1.82) is 5.26 Å². The van der Waals surface area contributed by atoms with E-state index < -0.39 is 0 Å². The van der Waals surface area contributed by atoms with Crippen LogP contribution in [0.15, 0.2) is 17.0 Å². The van der Waals surface area contributed by atoms with Crippen LogP contribution in [0.5, 0.6) is 0 Å². The molecule has 0 aliphatic carbocycles. The lowest BCUT2D eigenvalue weighted by Crippen LogP contribution is -2.19. The van der Waals surface area contributed by atoms with Crippen molar-refractivity contribution in [3.63, 3.8) is 0 Å². The third-order valence-electron chi connectivity index (χ3n) is 3.79. The van der Waals surface area contributed by atoms with E-state index in [4.69, 9.17) is 9.78 Å². The van der Waals surface area contributed by atoms with Gasteiger partial charge in [0.05, 0.1) is 36.3 Å². The maximum Gasteiger partial charge on any atom is 0.163 e. The highest BCUT2D eigenvalue weighted by atomic mass is 16.5. The minimum absolute atomic E-state index is 0.394. The summed E-state index contributed by atoms with van der Waals surface area (Å²) in [6, 6.07) is 2.12. The van der Waals surface area contributed by atoms with Gasteiger partial charge in [-0.25, -0.2) is 14.6 Å². The first kappa shape index (κ1) is 15.0. The largest absolute Gasteiger partial charge is 0.361 e. The van der Waals surface area contributed by atoms with Gasteiger partial charge in [-0.15, -0.1) is 0 Å². The molecule has 3 aromatic rings. The maximum atomic E-state index is 8.73. The maximum absolute atomic E-state index is 8.73. The number of anilines is 1. The van der Waals surface area contributed by atoms with E-state index in [1.54, 1.807) is 10.9 Å². The van der Waals surface area contributed by atoms with Gasteiger partial charge in [-0.05, 0) is 13.8 Å². The molecule has 23 heavy (non-hydrogen) atoms. The molecule has 8 nitrogen and oxygen atoms in total. The van der Waals surface area contributed by atoms with Crippen molar-refractivity contribution in [2.45, 2.75) is 33.4 Å². The van der Waals surface area contributed by atoms with Crippen LogP contribution in [0.3, 0.4) is 0 Å². The monoisotopic (exact) mass is 311 g/mol. The molecule has 118 valence electrons. The third kappa shape index (κ3) is 2.73. The molecule has 0 N–H and O–H groups in total. The van der Waals surface area contributed by atoms with Crippen LogP contribution in [0, 0.1) is 25.2 Å². The standard InChI is InChI=1S/C15H17N7O/c1-10-13(11(2)23-20-10)8-21(3)14-12-7-19-22(6-4-5-16)15(12)18-9-17-14/h7,9H,4,6,8H2,1-3H3. The fraction of sp³-hybridized carbons (Fsp3) is 0.400. The molecular weight excluding hydrogens is 294 g/mol. The van der Waals surface area contributed by atoms with Crippen LogP contribution in [-0.2, 0) is 13.1 Å². The van der Waals surface area contributed by atoms with Gasteiger partial charge in [0, 0.05) is 19.2 Å². The lowest BCUT2D eigenvalue weighted by molar-refractivity contribution is 0.392. The Morgan fingerprint density at radius 2 is 2.17 bits per heavy atom. The number of hydrogen-bond donors (Lipinski definition) is 0. The molecule has 3 heterocycles. The Labute approximate surface area is 133 Å². The topological polar surface area (TPSA) is 96.7 Å². The average molecular weight is 311 g/mol. The van der Waals surface area contributed by atoms with Crippen molar-refractivity contribution in [3.05, 3.63) is 29.5 Å². The molecule has 0 aromatic carbocycles. The first-order valence-corrected chi connectivity index (χ1v) is 7.28. The first-order valence-electron chi connectivity index (χ1n) is 7.28. The van der Waals surface area contributed by atoms with Crippen LogP contribution in [0.1, 0.15) is 23.4 Å². The van der Waals surface area contributed by atoms with E-state index in [1.807, 2.05) is 25.8 Å². The third-order valence-corrected chi connectivity index (χ3v) is 3.79. The summed E-state index contributed by atoms with van der Waals surface area (Å²) in [4.78, 5) is 10.7. The van der Waals surface area contributed by atoms with Crippen LogP contribution in [0.25, 0.3) is 11.0 Å². The molecule has 0 saturated carbocycles. The Morgan fingerprint density at radius 1 is 1.35 bits per heavy atom. The van der Waals surface area contributed by atoms with Crippen LogP contribution in [0.2, 0.25) is 0 Å². The molecule has 8 heteroatoms. The van der Waals surface area contributed by atoms with Crippen LogP contribution >= 0.6 is 0 Å². The fourth-order valence-electron chi connectivity index (χ4n) is 2.54. The quantitative estimate of drug-likeness (QED) is 0.710. The van der Waals surface area contributed by atoms with Gasteiger partial charge in [0.2, 0.25) is 0 Å². The Hall–Kier alpha value is -2.95. The highest BCUT2D eigenvalue weighted by molar-refractivity contribution is 5.86. The SMILES string of the molecule is Cc1noc(C)c1CN(C)c1ncnc2c1cnn2CCC#N. The summed E-state index contributed by atoms with van der Waals surface area (Å²) < 4.78 is 6.94. The van der Waals surface area contributed by atoms with Crippen molar-refractivity contribution in [2.75, 3.05) is 11.9 Å². The molecule has 0 unspecified atom stereocenters. The summed E-state index contributed by atoms with van der Waals surface area (Å²) in [5.41, 5.74) is 2.66. The molecule has 0 atom stereocenters. The van der Waals surface area contributed by atoms with Gasteiger partial charge in [0.1, 0.15) is 17.9 Å². The Bertz CT molecular complexity index is 854. The average Bonchev–Trinajstić information content (AvgIpc) is 3.10. The number of nitriles is 1. The van der Waals surface area contributed by atoms with Gasteiger partial charge >= 0.3 is 0 Å². The summed E-state index contributed by atoms with van der Waals surface area (Å²) in [6.45, 7) is 4.98. The Morgan fingerprint density at radius 3 is 2.87 bits per heavy atom. The Balaban J connectivity index is 1.93. The lowest BCUT2D eigenvalue weighted by atomic mass is 10.2. The van der Waals surface area contributed by atoms with Gasteiger partial charge < -0.3 is 9.42 Å². The van der Waals surface area contributed by atoms with E-state index >= 15 is 0 Å². The van der Waals surface area contributed by atoms with Crippen molar-refractivity contribution in [2.24, 2.45) is 0 Å². The highest BCUT2D eigenvalue weighted by Crippen LogP contribution is 2.24. The number of aromatic nitrogens is 5. The second-order valence-electron chi connectivity index (χ2n) is 5.37. The smallest absolute Gasteiger partial charge is 0.163 e. The number of fused-ring (bicyclic) bond motifs is 1. The molecule has 0 fully saturated rings. The number of aryl methyl sites for hydroxylation is 3. The second kappa shape index (κ2) is 6.04. The first-order chi connectivity index (χ1) is 11.1. The summed E-state index contributed by atoms with van der Waals surface area (Å²) in [5, 5.41) is 17.9. The van der Waals surface area contributed by atoms with Crippen LogP contribution < -0.4 is 4.90 Å². The molecule has 0 amide bonds. The molecule has 0 spiro atoms. The number of nitrogens with zero attached hydrogens (tertiary/aromatic N) is 7. The summed E-state index contributed by atoms with van der Waals surface area (Å²) in [7, 11) is 1.96.